The Kier molecular flexibility index (Phi) is 10.8. The number of nitriles is 1. The third-order valence-corrected chi connectivity index (χ3v) is 7.49. The summed E-state index contributed by atoms with van der Waals surface area (Å²) in [6.45, 7) is 1.52. The lowest BCUT2D eigenvalue weighted by atomic mass is 9.91. The molecule has 2 amide bonds. The zero-order valence-corrected chi connectivity index (χ0v) is 25.2. The predicted octanol–water partition coefficient (Wildman–Crippen LogP) is 3.23. The molecule has 1 heterocycles. The first-order chi connectivity index (χ1) is 22.4. The van der Waals surface area contributed by atoms with E-state index in [2.05, 4.69) is 20.9 Å². The van der Waals surface area contributed by atoms with Crippen LogP contribution < -0.4 is 16.0 Å². The van der Waals surface area contributed by atoms with Crippen molar-refractivity contribution in [3.63, 3.8) is 0 Å². The van der Waals surface area contributed by atoms with Crippen LogP contribution in [0.3, 0.4) is 0 Å². The minimum Gasteiger partial charge on any atom is -0.481 e. The number of nitro groups is 1. The number of nitro benzene ring substituents is 1. The molecule has 5 N–H and O–H groups in total. The number of aliphatic imine (C=N–C) groups is 1. The van der Waals surface area contributed by atoms with E-state index in [0.29, 0.717) is 40.9 Å². The Morgan fingerprint density at radius 1 is 1.02 bits per heavy atom. The highest BCUT2D eigenvalue weighted by molar-refractivity contribution is 6.04. The molecular formula is C32H31N7O8. The summed E-state index contributed by atoms with van der Waals surface area (Å²) >= 11 is 0. The number of guanidine groups is 1. The van der Waals surface area contributed by atoms with E-state index in [-0.39, 0.29) is 36.9 Å². The SMILES string of the molecule is CC(=O)N1CCc2cc(NC(=NC#N)Nc3ccc([N+](=O)[O-])cc3)ccc2C1C(=O)NC(Cc1ccc(CCC(=O)O)cc1)C(=O)O. The highest BCUT2D eigenvalue weighted by Gasteiger charge is 2.36. The highest BCUT2D eigenvalue weighted by Crippen LogP contribution is 2.32. The van der Waals surface area contributed by atoms with E-state index in [1.807, 2.05) is 0 Å². The second-order valence-electron chi connectivity index (χ2n) is 10.7. The van der Waals surface area contributed by atoms with E-state index in [9.17, 15) is 39.7 Å². The Morgan fingerprint density at radius 3 is 2.26 bits per heavy atom. The van der Waals surface area contributed by atoms with Crippen molar-refractivity contribution >= 4 is 46.8 Å². The van der Waals surface area contributed by atoms with Crippen LogP contribution in [0.4, 0.5) is 17.1 Å². The number of non-ortho nitro benzene ring substituents is 1. The van der Waals surface area contributed by atoms with Crippen molar-refractivity contribution in [3.05, 3.63) is 99.1 Å². The summed E-state index contributed by atoms with van der Waals surface area (Å²) in [6, 6.07) is 14.9. The van der Waals surface area contributed by atoms with Gasteiger partial charge < -0.3 is 31.1 Å². The van der Waals surface area contributed by atoms with Crippen LogP contribution in [0.15, 0.2) is 71.7 Å². The highest BCUT2D eigenvalue weighted by atomic mass is 16.6. The van der Waals surface area contributed by atoms with Crippen molar-refractivity contribution < 1.29 is 34.3 Å². The summed E-state index contributed by atoms with van der Waals surface area (Å²) in [5.74, 6) is -3.18. The largest absolute Gasteiger partial charge is 0.481 e. The summed E-state index contributed by atoms with van der Waals surface area (Å²) in [6.07, 6.45) is 2.34. The monoisotopic (exact) mass is 641 g/mol. The molecule has 0 bridgehead atoms. The van der Waals surface area contributed by atoms with E-state index in [1.165, 1.54) is 36.1 Å². The van der Waals surface area contributed by atoms with Crippen molar-refractivity contribution in [1.29, 1.82) is 5.26 Å². The second kappa shape index (κ2) is 15.1. The first kappa shape index (κ1) is 33.6. The number of aliphatic carboxylic acids is 2. The summed E-state index contributed by atoms with van der Waals surface area (Å²) in [5, 5.41) is 47.4. The van der Waals surface area contributed by atoms with Crippen molar-refractivity contribution in [1.82, 2.24) is 10.2 Å². The number of carboxylic acid groups (broad SMARTS) is 2. The lowest BCUT2D eigenvalue weighted by molar-refractivity contribution is -0.384. The molecule has 2 atom stereocenters. The standard InChI is InChI=1S/C32H31N7O8/c1-19(40)38-15-14-22-17-24(36-32(34-18-33)35-23-7-10-25(11-8-23)39(46)47)9-12-26(22)29(38)30(43)37-27(31(44)45)16-21-4-2-20(3-5-21)6-13-28(41)42/h2-5,7-12,17,27,29H,6,13-16H2,1H3,(H,37,43)(H,41,42)(H,44,45)(H2,34,35,36). The summed E-state index contributed by atoms with van der Waals surface area (Å²) in [4.78, 5) is 64.7. The Bertz CT molecular complexity index is 1750. The maximum absolute atomic E-state index is 13.7. The van der Waals surface area contributed by atoms with Crippen molar-refractivity contribution in [2.24, 2.45) is 4.99 Å². The number of rotatable bonds is 11. The van der Waals surface area contributed by atoms with Gasteiger partial charge in [0, 0.05) is 49.8 Å². The number of amides is 2. The molecule has 0 saturated heterocycles. The van der Waals surface area contributed by atoms with Gasteiger partial charge >= 0.3 is 11.9 Å². The van der Waals surface area contributed by atoms with Crippen molar-refractivity contribution in [2.45, 2.75) is 44.7 Å². The maximum atomic E-state index is 13.7. The number of anilines is 2. The van der Waals surface area contributed by atoms with E-state index in [1.54, 1.807) is 48.7 Å². The van der Waals surface area contributed by atoms with Gasteiger partial charge in [-0.2, -0.15) is 5.26 Å². The molecule has 0 saturated carbocycles. The summed E-state index contributed by atoms with van der Waals surface area (Å²) in [7, 11) is 0. The lowest BCUT2D eigenvalue weighted by Gasteiger charge is -2.36. The van der Waals surface area contributed by atoms with Crippen LogP contribution in [-0.4, -0.2) is 62.3 Å². The van der Waals surface area contributed by atoms with E-state index >= 15 is 0 Å². The Labute approximate surface area is 268 Å². The zero-order valence-electron chi connectivity index (χ0n) is 25.2. The Balaban J connectivity index is 1.51. The molecule has 4 rings (SSSR count). The van der Waals surface area contributed by atoms with Gasteiger partial charge in [-0.25, -0.2) is 4.79 Å². The molecule has 0 fully saturated rings. The molecule has 3 aromatic rings. The van der Waals surface area contributed by atoms with Gasteiger partial charge in [-0.3, -0.25) is 24.5 Å². The number of carbonyl (C=O) groups is 4. The van der Waals surface area contributed by atoms with Gasteiger partial charge in [0.2, 0.25) is 24.0 Å². The van der Waals surface area contributed by atoms with Crippen LogP contribution in [0.5, 0.6) is 0 Å². The molecule has 15 heteroatoms. The van der Waals surface area contributed by atoms with Gasteiger partial charge in [-0.15, -0.1) is 4.99 Å². The topological polar surface area (TPSA) is 227 Å². The van der Waals surface area contributed by atoms with Gasteiger partial charge in [0.1, 0.15) is 12.1 Å². The van der Waals surface area contributed by atoms with E-state index < -0.39 is 34.9 Å². The minimum absolute atomic E-state index is 0.0338. The molecular weight excluding hydrogens is 610 g/mol. The van der Waals surface area contributed by atoms with Crippen molar-refractivity contribution in [3.8, 4) is 6.19 Å². The molecule has 15 nitrogen and oxygen atoms in total. The smallest absolute Gasteiger partial charge is 0.326 e. The number of fused-ring (bicyclic) bond motifs is 1. The summed E-state index contributed by atoms with van der Waals surface area (Å²) in [5.41, 5.74) is 3.45. The van der Waals surface area contributed by atoms with Crippen LogP contribution in [0.25, 0.3) is 0 Å². The fourth-order valence-electron chi connectivity index (χ4n) is 5.18. The lowest BCUT2D eigenvalue weighted by Crippen LogP contribution is -2.51. The normalized spacial score (nSPS) is 14.6. The van der Waals surface area contributed by atoms with E-state index in [0.717, 1.165) is 5.56 Å². The van der Waals surface area contributed by atoms with Crippen molar-refractivity contribution in [2.75, 3.05) is 17.2 Å². The number of nitrogens with zero attached hydrogens (tertiary/aromatic N) is 4. The first-order valence-corrected chi connectivity index (χ1v) is 14.4. The third-order valence-electron chi connectivity index (χ3n) is 7.49. The molecule has 1 aliphatic rings. The molecule has 242 valence electrons. The number of hydrogen-bond acceptors (Lipinski definition) is 8. The van der Waals surface area contributed by atoms with Crippen LogP contribution in [0, 0.1) is 21.6 Å². The number of aryl methyl sites for hydroxylation is 1. The van der Waals surface area contributed by atoms with Gasteiger partial charge in [0.05, 0.1) is 4.92 Å². The maximum Gasteiger partial charge on any atom is 0.326 e. The third kappa shape index (κ3) is 8.88. The van der Waals surface area contributed by atoms with Crippen LogP contribution in [0.1, 0.15) is 41.6 Å². The molecule has 0 radical (unpaired) electrons. The second-order valence-corrected chi connectivity index (χ2v) is 10.7. The number of nitrogens with one attached hydrogen (secondary N) is 3. The quantitative estimate of drug-likeness (QED) is 0.0671. The Morgan fingerprint density at radius 2 is 1.66 bits per heavy atom. The predicted molar refractivity (Wildman–Crippen MR) is 169 cm³/mol. The van der Waals surface area contributed by atoms with Crippen LogP contribution in [-0.2, 0) is 38.4 Å². The minimum atomic E-state index is -1.30. The number of hydrogen-bond donors (Lipinski definition) is 5. The number of benzene rings is 3. The van der Waals surface area contributed by atoms with Crippen LogP contribution >= 0.6 is 0 Å². The molecule has 3 aromatic carbocycles. The average molecular weight is 642 g/mol. The van der Waals surface area contributed by atoms with Gasteiger partial charge in [0.15, 0.2) is 0 Å². The first-order valence-electron chi connectivity index (χ1n) is 14.4. The molecule has 1 aliphatic heterocycles. The van der Waals surface area contributed by atoms with Gasteiger partial charge in [-0.1, -0.05) is 30.3 Å². The number of carboxylic acids is 2. The molecule has 0 aromatic heterocycles. The fraction of sp³-hybridized carbons (Fsp3) is 0.250. The number of carbonyl (C=O) groups excluding carboxylic acids is 2. The fourth-order valence-corrected chi connectivity index (χ4v) is 5.18. The van der Waals surface area contributed by atoms with Gasteiger partial charge in [0.25, 0.3) is 5.69 Å². The molecule has 0 aliphatic carbocycles. The molecule has 2 unspecified atom stereocenters. The van der Waals surface area contributed by atoms with Crippen LogP contribution in [0.2, 0.25) is 0 Å². The Hall–Kier alpha value is -6.30. The van der Waals surface area contributed by atoms with Gasteiger partial charge in [-0.05, 0) is 59.4 Å². The average Bonchev–Trinajstić information content (AvgIpc) is 3.03. The summed E-state index contributed by atoms with van der Waals surface area (Å²) < 4.78 is 0. The molecule has 47 heavy (non-hydrogen) atoms. The zero-order chi connectivity index (χ0) is 34.1. The van der Waals surface area contributed by atoms with E-state index in [4.69, 9.17) is 5.11 Å². The molecule has 0 spiro atoms.